The average molecular weight is 288 g/mol. The smallest absolute Gasteiger partial charge is 0.148 e. The zero-order valence-electron chi connectivity index (χ0n) is 12.6. The molecule has 2 aromatic carbocycles. The third kappa shape index (κ3) is 3.45. The molecule has 0 aliphatic carbocycles. The molecule has 0 saturated heterocycles. The van der Waals surface area contributed by atoms with Crippen LogP contribution in [0.3, 0.4) is 0 Å². The molecule has 0 radical (unpaired) electrons. The van der Waals surface area contributed by atoms with E-state index in [9.17, 15) is 4.39 Å². The van der Waals surface area contributed by atoms with Gasteiger partial charge >= 0.3 is 0 Å². The first kappa shape index (κ1) is 15.2. The molecule has 0 aliphatic heterocycles. The van der Waals surface area contributed by atoms with E-state index in [1.54, 1.807) is 6.07 Å². The highest BCUT2D eigenvalue weighted by Gasteiger charge is 2.18. The molecule has 21 heavy (non-hydrogen) atoms. The molecule has 0 atom stereocenters. The first-order chi connectivity index (χ1) is 10.0. The third-order valence-electron chi connectivity index (χ3n) is 3.43. The van der Waals surface area contributed by atoms with Crippen molar-refractivity contribution >= 4 is 11.4 Å². The second-order valence-corrected chi connectivity index (χ2v) is 5.25. The molecule has 112 valence electrons. The quantitative estimate of drug-likeness (QED) is 0.850. The lowest BCUT2D eigenvalue weighted by Crippen LogP contribution is -2.31. The van der Waals surface area contributed by atoms with Crippen LogP contribution in [0.1, 0.15) is 19.4 Å². The number of benzene rings is 2. The van der Waals surface area contributed by atoms with E-state index in [0.717, 1.165) is 5.56 Å². The molecule has 2 aromatic rings. The Bertz CT molecular complexity index is 599. The molecule has 0 aromatic heterocycles. The van der Waals surface area contributed by atoms with Crippen LogP contribution < -0.4 is 15.4 Å². The minimum atomic E-state index is -0.335. The first-order valence-electron chi connectivity index (χ1n) is 6.96. The van der Waals surface area contributed by atoms with Gasteiger partial charge in [0.1, 0.15) is 11.6 Å². The molecule has 4 heteroatoms. The molecule has 0 fully saturated rings. The van der Waals surface area contributed by atoms with Crippen molar-refractivity contribution < 1.29 is 9.13 Å². The molecule has 0 spiro atoms. The van der Waals surface area contributed by atoms with Gasteiger partial charge in [0, 0.05) is 24.7 Å². The lowest BCUT2D eigenvalue weighted by atomic mass is 10.1. The van der Waals surface area contributed by atoms with E-state index in [2.05, 4.69) is 0 Å². The van der Waals surface area contributed by atoms with Crippen LogP contribution in [0.2, 0.25) is 0 Å². The van der Waals surface area contributed by atoms with Crippen LogP contribution in [0.25, 0.3) is 0 Å². The minimum Gasteiger partial charge on any atom is -0.495 e. The van der Waals surface area contributed by atoms with Crippen molar-refractivity contribution in [2.75, 3.05) is 17.7 Å². The Morgan fingerprint density at radius 3 is 2.43 bits per heavy atom. The van der Waals surface area contributed by atoms with Crippen molar-refractivity contribution in [1.29, 1.82) is 0 Å². The fourth-order valence-electron chi connectivity index (χ4n) is 2.28. The van der Waals surface area contributed by atoms with Crippen molar-refractivity contribution in [3.63, 3.8) is 0 Å². The highest BCUT2D eigenvalue weighted by molar-refractivity contribution is 5.63. The van der Waals surface area contributed by atoms with Gasteiger partial charge in [-0.05, 0) is 19.4 Å². The zero-order valence-corrected chi connectivity index (χ0v) is 12.6. The minimum absolute atomic E-state index is 0.146. The van der Waals surface area contributed by atoms with E-state index in [4.69, 9.17) is 10.5 Å². The standard InChI is InChI=1S/C17H21FN2O/c1-12(2)20(11-13-7-5-4-6-8-13)16-10-17(21-3)15(19)9-14(16)18/h4-10,12H,11,19H2,1-3H3. The SMILES string of the molecule is COc1cc(N(Cc2ccccc2)C(C)C)c(F)cc1N. The monoisotopic (exact) mass is 288 g/mol. The van der Waals surface area contributed by atoms with Crippen molar-refractivity contribution in [2.45, 2.75) is 26.4 Å². The fraction of sp³-hybridized carbons (Fsp3) is 0.294. The van der Waals surface area contributed by atoms with E-state index in [1.165, 1.54) is 13.2 Å². The number of rotatable bonds is 5. The molecule has 0 heterocycles. The highest BCUT2D eigenvalue weighted by atomic mass is 19.1. The van der Waals surface area contributed by atoms with Crippen LogP contribution in [-0.2, 0) is 6.54 Å². The number of hydrogen-bond acceptors (Lipinski definition) is 3. The van der Waals surface area contributed by atoms with Crippen LogP contribution in [0.5, 0.6) is 5.75 Å². The Hall–Kier alpha value is -2.23. The Morgan fingerprint density at radius 2 is 1.86 bits per heavy atom. The Morgan fingerprint density at radius 1 is 1.19 bits per heavy atom. The molecule has 3 nitrogen and oxygen atoms in total. The normalized spacial score (nSPS) is 10.7. The number of methoxy groups -OCH3 is 1. The van der Waals surface area contributed by atoms with Crippen LogP contribution in [-0.4, -0.2) is 13.2 Å². The van der Waals surface area contributed by atoms with E-state index in [-0.39, 0.29) is 11.9 Å². The van der Waals surface area contributed by atoms with Gasteiger partial charge in [0.25, 0.3) is 0 Å². The van der Waals surface area contributed by atoms with Crippen molar-refractivity contribution in [2.24, 2.45) is 0 Å². The first-order valence-corrected chi connectivity index (χ1v) is 6.96. The van der Waals surface area contributed by atoms with Gasteiger partial charge < -0.3 is 15.4 Å². The van der Waals surface area contributed by atoms with Crippen LogP contribution >= 0.6 is 0 Å². The number of halogens is 1. The molecular formula is C17H21FN2O. The molecular weight excluding hydrogens is 267 g/mol. The topological polar surface area (TPSA) is 38.5 Å². The number of nitrogens with zero attached hydrogens (tertiary/aromatic N) is 1. The van der Waals surface area contributed by atoms with Gasteiger partial charge in [-0.2, -0.15) is 0 Å². The number of hydrogen-bond donors (Lipinski definition) is 1. The molecule has 0 saturated carbocycles. The summed E-state index contributed by atoms with van der Waals surface area (Å²) in [6, 6.07) is 13.1. The van der Waals surface area contributed by atoms with Crippen molar-refractivity contribution in [1.82, 2.24) is 0 Å². The fourth-order valence-corrected chi connectivity index (χ4v) is 2.28. The van der Waals surface area contributed by atoms with E-state index in [1.807, 2.05) is 49.1 Å². The summed E-state index contributed by atoms with van der Waals surface area (Å²) in [5, 5.41) is 0. The summed E-state index contributed by atoms with van der Waals surface area (Å²) < 4.78 is 19.5. The third-order valence-corrected chi connectivity index (χ3v) is 3.43. The molecule has 2 N–H and O–H groups in total. The molecule has 0 unspecified atom stereocenters. The summed E-state index contributed by atoms with van der Waals surface area (Å²) in [5.41, 5.74) is 7.68. The number of anilines is 2. The van der Waals surface area contributed by atoms with Crippen molar-refractivity contribution in [3.05, 3.63) is 53.8 Å². The molecule has 2 rings (SSSR count). The second kappa shape index (κ2) is 6.48. The van der Waals surface area contributed by atoms with E-state index in [0.29, 0.717) is 23.7 Å². The van der Waals surface area contributed by atoms with Crippen LogP contribution in [0.15, 0.2) is 42.5 Å². The summed E-state index contributed by atoms with van der Waals surface area (Å²) in [4.78, 5) is 1.99. The number of nitrogens with two attached hydrogens (primary N) is 1. The van der Waals surface area contributed by atoms with E-state index < -0.39 is 0 Å². The van der Waals surface area contributed by atoms with E-state index >= 15 is 0 Å². The maximum absolute atomic E-state index is 14.3. The molecule has 0 aliphatic rings. The Balaban J connectivity index is 2.39. The van der Waals surface area contributed by atoms with Crippen LogP contribution in [0, 0.1) is 5.82 Å². The molecule has 0 bridgehead atoms. The Kier molecular flexibility index (Phi) is 4.68. The van der Waals surface area contributed by atoms with Gasteiger partial charge in [-0.3, -0.25) is 0 Å². The maximum Gasteiger partial charge on any atom is 0.148 e. The van der Waals surface area contributed by atoms with Gasteiger partial charge in [-0.1, -0.05) is 30.3 Å². The lowest BCUT2D eigenvalue weighted by molar-refractivity contribution is 0.415. The number of ether oxygens (including phenoxy) is 1. The maximum atomic E-state index is 14.3. The second-order valence-electron chi connectivity index (χ2n) is 5.25. The average Bonchev–Trinajstić information content (AvgIpc) is 2.46. The van der Waals surface area contributed by atoms with Crippen LogP contribution in [0.4, 0.5) is 15.8 Å². The highest BCUT2D eigenvalue weighted by Crippen LogP contribution is 2.32. The largest absolute Gasteiger partial charge is 0.495 e. The molecule has 0 amide bonds. The summed E-state index contributed by atoms with van der Waals surface area (Å²) >= 11 is 0. The van der Waals surface area contributed by atoms with Gasteiger partial charge in [0.05, 0.1) is 18.5 Å². The summed E-state index contributed by atoms with van der Waals surface area (Å²) in [6.45, 7) is 4.69. The zero-order chi connectivity index (χ0) is 15.4. The summed E-state index contributed by atoms with van der Waals surface area (Å²) in [5.74, 6) is 0.156. The van der Waals surface area contributed by atoms with Gasteiger partial charge in [-0.15, -0.1) is 0 Å². The summed E-state index contributed by atoms with van der Waals surface area (Å²) in [7, 11) is 1.53. The number of nitrogen functional groups attached to an aromatic ring is 1. The van der Waals surface area contributed by atoms with Gasteiger partial charge in [0.15, 0.2) is 0 Å². The van der Waals surface area contributed by atoms with Gasteiger partial charge in [-0.25, -0.2) is 4.39 Å². The van der Waals surface area contributed by atoms with Crippen molar-refractivity contribution in [3.8, 4) is 5.75 Å². The predicted molar refractivity (Wildman–Crippen MR) is 85.1 cm³/mol. The van der Waals surface area contributed by atoms with Gasteiger partial charge in [0.2, 0.25) is 0 Å². The summed E-state index contributed by atoms with van der Waals surface area (Å²) in [6.07, 6.45) is 0. The Labute approximate surface area is 125 Å². The predicted octanol–water partition coefficient (Wildman–Crippen LogP) is 3.83. The lowest BCUT2D eigenvalue weighted by Gasteiger charge is -2.30.